The van der Waals surface area contributed by atoms with Crippen LogP contribution in [0.2, 0.25) is 0 Å². The molecule has 0 aliphatic carbocycles. The molecule has 2 aliphatic heterocycles. The normalized spacial score (nSPS) is 13.2. The van der Waals surface area contributed by atoms with Crippen LogP contribution in [0.15, 0.2) is 24.3 Å². The van der Waals surface area contributed by atoms with E-state index in [1.54, 1.807) is 0 Å². The number of allylic oxidation sites excluding steroid dienone is 4. The van der Waals surface area contributed by atoms with Crippen LogP contribution >= 0.6 is 0 Å². The summed E-state index contributed by atoms with van der Waals surface area (Å²) in [7, 11) is 0. The van der Waals surface area contributed by atoms with Crippen LogP contribution in [-0.2, 0) is 38.2 Å². The number of nitrogens with one attached hydrogen (secondary N) is 4. The Hall–Kier alpha value is -6.26. The van der Waals surface area contributed by atoms with Gasteiger partial charge in [-0.15, -0.1) is 0 Å². The van der Waals surface area contributed by atoms with Gasteiger partial charge in [-0.05, 0) is 138 Å². The Morgan fingerprint density at radius 1 is 0.450 bits per heavy atom. The van der Waals surface area contributed by atoms with E-state index in [2.05, 4.69) is 68.2 Å². The van der Waals surface area contributed by atoms with E-state index in [0.717, 1.165) is 92.3 Å². The molecule has 0 saturated carbocycles. The molecule has 5 rings (SSSR count). The fourth-order valence-electron chi connectivity index (χ4n) is 10.8. The summed E-state index contributed by atoms with van der Waals surface area (Å²) in [6.07, 6.45) is 18.7. The predicted octanol–water partition coefficient (Wildman–Crippen LogP) is 14.6. The molecule has 0 fully saturated rings. The van der Waals surface area contributed by atoms with Gasteiger partial charge in [0.1, 0.15) is 0 Å². The Morgan fingerprint density at radius 3 is 1.20 bits per heavy atom. The highest BCUT2D eigenvalue weighted by molar-refractivity contribution is 6.00. The monoisotopic (exact) mass is 1100 g/mol. The van der Waals surface area contributed by atoms with Gasteiger partial charge in [-0.25, -0.2) is 9.97 Å². The van der Waals surface area contributed by atoms with E-state index >= 15 is 0 Å². The molecule has 3 aromatic heterocycles. The van der Waals surface area contributed by atoms with Crippen molar-refractivity contribution in [3.8, 4) is 0 Å². The molecular weight excluding hydrogens is 1010 g/mol. The first-order chi connectivity index (χ1) is 38.4. The predicted molar refractivity (Wildman–Crippen MR) is 317 cm³/mol. The zero-order chi connectivity index (χ0) is 58.1. The Morgan fingerprint density at radius 2 is 0.800 bits per heavy atom. The van der Waals surface area contributed by atoms with Crippen molar-refractivity contribution < 1.29 is 48.5 Å². The minimum atomic E-state index is -1.02. The fourth-order valence-corrected chi connectivity index (χ4v) is 10.8. The van der Waals surface area contributed by atoms with Gasteiger partial charge in [0.25, 0.3) is 0 Å². The van der Waals surface area contributed by atoms with Crippen molar-refractivity contribution in [1.29, 1.82) is 0 Å². The highest BCUT2D eigenvalue weighted by Gasteiger charge is 2.25. The van der Waals surface area contributed by atoms with E-state index in [1.807, 2.05) is 32.0 Å². The van der Waals surface area contributed by atoms with E-state index in [4.69, 9.17) is 29.7 Å². The first-order valence-corrected chi connectivity index (χ1v) is 29.9. The van der Waals surface area contributed by atoms with Gasteiger partial charge in [-0.1, -0.05) is 104 Å². The number of H-pyrrole nitrogens is 2. The van der Waals surface area contributed by atoms with Gasteiger partial charge >= 0.3 is 11.9 Å². The second kappa shape index (κ2) is 33.5. The topological polar surface area (TPSA) is 243 Å². The van der Waals surface area contributed by atoms with E-state index in [0.29, 0.717) is 36.0 Å². The molecule has 0 spiro atoms. The van der Waals surface area contributed by atoms with Crippen molar-refractivity contribution >= 4 is 79.9 Å². The lowest BCUT2D eigenvalue weighted by atomic mass is 9.98. The van der Waals surface area contributed by atoms with E-state index in [-0.39, 0.29) is 76.4 Å². The number of rotatable bonds is 36. The number of nitrogens with zero attached hydrogens (tertiary/aromatic N) is 2. The van der Waals surface area contributed by atoms with E-state index in [1.165, 1.54) is 77.0 Å². The molecule has 6 N–H and O–H groups in total. The Kier molecular flexibility index (Phi) is 27.0. The van der Waals surface area contributed by atoms with Gasteiger partial charge in [0.15, 0.2) is 0 Å². The minimum absolute atomic E-state index is 0.0492. The van der Waals surface area contributed by atoms with Crippen LogP contribution < -0.4 is 10.6 Å². The number of unbranched alkanes of at least 4 members (excludes halogenated alkanes) is 14. The number of hydrogen-bond donors (Lipinski definition) is 6. The van der Waals surface area contributed by atoms with Gasteiger partial charge in [0, 0.05) is 84.9 Å². The number of imide groups is 2. The molecule has 0 saturated heterocycles. The molecule has 16 nitrogen and oxygen atoms in total. The zero-order valence-corrected chi connectivity index (χ0v) is 49.3. The average Bonchev–Trinajstić information content (AvgIpc) is 4.22. The summed E-state index contributed by atoms with van der Waals surface area (Å²) in [5.74, 6) is -4.11. The number of fused-ring (bicyclic) bond motifs is 8. The minimum Gasteiger partial charge on any atom is -0.481 e. The third-order valence-electron chi connectivity index (χ3n) is 15.5. The maximum atomic E-state index is 13.3. The highest BCUT2D eigenvalue weighted by Crippen LogP contribution is 2.40. The second-order valence-corrected chi connectivity index (χ2v) is 21.9. The number of aliphatic carboxylic acids is 2. The van der Waals surface area contributed by atoms with Crippen LogP contribution in [0.4, 0.5) is 0 Å². The molecule has 16 heteroatoms. The Balaban J connectivity index is 1.64. The van der Waals surface area contributed by atoms with Gasteiger partial charge in [-0.3, -0.25) is 39.4 Å². The van der Waals surface area contributed by atoms with E-state index in [9.17, 15) is 28.8 Å². The maximum Gasteiger partial charge on any atom is 0.303 e. The molecule has 3 aromatic rings. The van der Waals surface area contributed by atoms with Crippen molar-refractivity contribution in [2.75, 3.05) is 13.2 Å². The smallest absolute Gasteiger partial charge is 0.303 e. The number of carboxylic acid groups (broad SMARTS) is 2. The standard InChI is InChI=1S/C64H92N6O10/c1-9-11-13-15-17-19-21-23-35-79-45(7)63-43(5)51-37-49-41(3)47(31-33-59(73)69-57(71)27-25-29-61(75)76)53(65-49)40-54-48(32-34-60(74)70-58(72)28-26-30-62(77)78)42(4)50(66-54)38-55-64(44(6)52(68-55)39-56(63)67-51)46(8)80-36-24-22-20-18-16-14-12-10-2/h37-40,45-46,67-68H,9-36H2,1-8H3,(H,75,76)(H,77,78)(H,69,71,73)(H,70,72,74). The van der Waals surface area contributed by atoms with Crippen molar-refractivity contribution in [3.63, 3.8) is 0 Å². The maximum absolute atomic E-state index is 13.3. The number of aryl methyl sites for hydroxylation is 2. The number of amides is 4. The molecule has 2 unspecified atom stereocenters. The molecule has 0 aromatic carbocycles. The van der Waals surface area contributed by atoms with Gasteiger partial charge in [0.2, 0.25) is 23.6 Å². The number of carbonyl (C=O) groups excluding carboxylic acids is 4. The second-order valence-electron chi connectivity index (χ2n) is 21.9. The summed E-state index contributed by atoms with van der Waals surface area (Å²) >= 11 is 0. The van der Waals surface area contributed by atoms with Crippen LogP contribution in [0.5, 0.6) is 0 Å². The summed E-state index contributed by atoms with van der Waals surface area (Å²) in [5, 5.41) is 23.0. The number of carbonyl (C=O) groups is 6. The Bertz CT molecular complexity index is 2860. The van der Waals surface area contributed by atoms with Crippen LogP contribution in [0.1, 0.15) is 266 Å². The van der Waals surface area contributed by atoms with Gasteiger partial charge in [0.05, 0.1) is 35.0 Å². The third-order valence-corrected chi connectivity index (χ3v) is 15.5. The summed E-state index contributed by atoms with van der Waals surface area (Å²) in [6.45, 7) is 18.1. The summed E-state index contributed by atoms with van der Waals surface area (Å²) in [6, 6.07) is 8.10. The summed E-state index contributed by atoms with van der Waals surface area (Å²) in [5.41, 5.74) is 13.2. The first-order valence-electron chi connectivity index (χ1n) is 29.9. The van der Waals surface area contributed by atoms with Crippen LogP contribution in [0.3, 0.4) is 0 Å². The molecule has 8 bridgehead atoms. The van der Waals surface area contributed by atoms with Crippen molar-refractivity contribution in [3.05, 3.63) is 69.3 Å². The first kappa shape index (κ1) is 64.6. The number of ether oxygens (including phenoxy) is 2. The van der Waals surface area contributed by atoms with Crippen LogP contribution in [0.25, 0.3) is 44.4 Å². The molecule has 4 amide bonds. The summed E-state index contributed by atoms with van der Waals surface area (Å²) in [4.78, 5) is 92.1. The number of aromatic nitrogens is 4. The van der Waals surface area contributed by atoms with Crippen molar-refractivity contribution in [2.24, 2.45) is 0 Å². The fraction of sp³-hybridized carbons (Fsp3) is 0.594. The molecular formula is C64H92N6O10. The Labute approximate surface area is 474 Å². The number of hydrogen-bond acceptors (Lipinski definition) is 10. The molecule has 80 heavy (non-hydrogen) atoms. The highest BCUT2D eigenvalue weighted by atomic mass is 16.5. The van der Waals surface area contributed by atoms with Gasteiger partial charge < -0.3 is 29.7 Å². The van der Waals surface area contributed by atoms with Crippen LogP contribution in [0, 0.1) is 13.8 Å². The largest absolute Gasteiger partial charge is 0.481 e. The lowest BCUT2D eigenvalue weighted by molar-refractivity contribution is -0.138. The third kappa shape index (κ3) is 20.1. The van der Waals surface area contributed by atoms with Crippen molar-refractivity contribution in [2.45, 2.75) is 235 Å². The lowest BCUT2D eigenvalue weighted by Gasteiger charge is -2.14. The molecule has 438 valence electrons. The van der Waals surface area contributed by atoms with Crippen LogP contribution in [-0.4, -0.2) is 78.9 Å². The lowest BCUT2D eigenvalue weighted by Crippen LogP contribution is -2.30. The molecule has 2 aliphatic rings. The van der Waals surface area contributed by atoms with Crippen molar-refractivity contribution in [1.82, 2.24) is 30.6 Å². The van der Waals surface area contributed by atoms with E-state index < -0.39 is 35.6 Å². The summed E-state index contributed by atoms with van der Waals surface area (Å²) < 4.78 is 13.3. The zero-order valence-electron chi connectivity index (χ0n) is 49.3. The molecule has 5 heterocycles. The number of carboxylic acids is 2. The number of aromatic amines is 2. The van der Waals surface area contributed by atoms with Gasteiger partial charge in [-0.2, -0.15) is 0 Å². The quantitative estimate of drug-likeness (QED) is 0.0298. The average molecular weight is 1110 g/mol. The molecule has 0 radical (unpaired) electrons. The molecule has 2 atom stereocenters. The SMILES string of the molecule is CCCCCCCCCCOC(C)c1c(C)c2cc3[nH]c(cc4nc(cc5nc(cc1[nH]2)C(C)=C5CCC(=O)NC(=O)CCCC(=O)O)C(CCC(=O)NC(=O)CCCC(=O)O)=C4C)c(C)c3C(C)OCCCCCCCCCC.